The fourth-order valence-electron chi connectivity index (χ4n) is 3.47. The van der Waals surface area contributed by atoms with Gasteiger partial charge in [0.1, 0.15) is 5.02 Å². The fourth-order valence-corrected chi connectivity index (χ4v) is 3.87. The zero-order chi connectivity index (χ0) is 23.4. The molecule has 168 valence electrons. The molecule has 0 radical (unpaired) electrons. The lowest BCUT2D eigenvalue weighted by Crippen LogP contribution is -2.41. The maximum absolute atomic E-state index is 13.5. The van der Waals surface area contributed by atoms with Gasteiger partial charge in [0.2, 0.25) is 0 Å². The van der Waals surface area contributed by atoms with E-state index in [-0.39, 0.29) is 34.1 Å². The molecule has 0 saturated carbocycles. The number of aromatic nitrogens is 1. The molecule has 6 nitrogen and oxygen atoms in total. The minimum atomic E-state index is -0.578. The van der Waals surface area contributed by atoms with E-state index in [1.807, 2.05) is 63.4 Å². The van der Waals surface area contributed by atoms with Gasteiger partial charge >= 0.3 is 0 Å². The number of rotatable bonds is 8. The van der Waals surface area contributed by atoms with Gasteiger partial charge in [-0.3, -0.25) is 14.9 Å². The lowest BCUT2D eigenvalue weighted by atomic mass is 10.0. The number of amides is 1. The van der Waals surface area contributed by atoms with Crippen molar-refractivity contribution < 1.29 is 9.72 Å². The van der Waals surface area contributed by atoms with E-state index in [2.05, 4.69) is 4.57 Å². The van der Waals surface area contributed by atoms with Gasteiger partial charge in [0.05, 0.1) is 11.5 Å². The monoisotopic (exact) mass is 473 g/mol. The van der Waals surface area contributed by atoms with E-state index in [4.69, 9.17) is 23.2 Å². The summed E-state index contributed by atoms with van der Waals surface area (Å²) in [6, 6.07) is 15.7. The summed E-state index contributed by atoms with van der Waals surface area (Å²) in [5, 5.41) is 12.0. The summed E-state index contributed by atoms with van der Waals surface area (Å²) in [5.41, 5.74) is 1.97. The predicted molar refractivity (Wildman–Crippen MR) is 127 cm³/mol. The Morgan fingerprint density at radius 2 is 1.84 bits per heavy atom. The van der Waals surface area contributed by atoms with Crippen LogP contribution < -0.4 is 0 Å². The van der Waals surface area contributed by atoms with E-state index < -0.39 is 4.92 Å². The Morgan fingerprint density at radius 1 is 1.09 bits per heavy atom. The van der Waals surface area contributed by atoms with Crippen LogP contribution in [0.2, 0.25) is 10.0 Å². The van der Waals surface area contributed by atoms with Crippen LogP contribution in [0.5, 0.6) is 0 Å². The fraction of sp³-hybridized carbons (Fsp3) is 0.292. The number of nitrogens with zero attached hydrogens (tertiary/aromatic N) is 3. The van der Waals surface area contributed by atoms with Crippen LogP contribution in [0.3, 0.4) is 0 Å². The molecule has 3 aromatic rings. The highest BCUT2D eigenvalue weighted by molar-refractivity contribution is 6.32. The Labute approximate surface area is 197 Å². The number of halogens is 2. The Kier molecular flexibility index (Phi) is 7.59. The van der Waals surface area contributed by atoms with Gasteiger partial charge in [-0.15, -0.1) is 0 Å². The normalized spacial score (nSPS) is 12.1. The molecule has 0 aliphatic heterocycles. The van der Waals surface area contributed by atoms with Gasteiger partial charge in [-0.05, 0) is 54.8 Å². The average Bonchev–Trinajstić information content (AvgIpc) is 3.17. The van der Waals surface area contributed by atoms with Crippen molar-refractivity contribution >= 4 is 34.8 Å². The minimum absolute atomic E-state index is 0.00501. The molecule has 1 heterocycles. The van der Waals surface area contributed by atoms with Crippen molar-refractivity contribution in [3.8, 4) is 0 Å². The van der Waals surface area contributed by atoms with Crippen LogP contribution in [-0.4, -0.2) is 26.3 Å². The van der Waals surface area contributed by atoms with Crippen LogP contribution in [0, 0.1) is 16.0 Å². The smallest absolute Gasteiger partial charge is 0.288 e. The molecule has 1 atom stereocenters. The van der Waals surface area contributed by atoms with Gasteiger partial charge in [-0.25, -0.2) is 0 Å². The van der Waals surface area contributed by atoms with Crippen molar-refractivity contribution in [1.82, 2.24) is 9.47 Å². The first kappa shape index (κ1) is 23.8. The molecule has 1 amide bonds. The van der Waals surface area contributed by atoms with Gasteiger partial charge in [0, 0.05) is 41.1 Å². The molecular formula is C24H25Cl2N3O3. The van der Waals surface area contributed by atoms with E-state index >= 15 is 0 Å². The van der Waals surface area contributed by atoms with E-state index in [1.54, 1.807) is 4.90 Å². The summed E-state index contributed by atoms with van der Waals surface area (Å²) in [7, 11) is 0. The van der Waals surface area contributed by atoms with Crippen molar-refractivity contribution in [1.29, 1.82) is 0 Å². The van der Waals surface area contributed by atoms with Gasteiger partial charge in [-0.1, -0.05) is 49.2 Å². The highest BCUT2D eigenvalue weighted by atomic mass is 35.5. The maximum atomic E-state index is 13.5. The number of hydrogen-bond donors (Lipinski definition) is 0. The molecule has 0 spiro atoms. The predicted octanol–water partition coefficient (Wildman–Crippen LogP) is 6.44. The Balaban J connectivity index is 1.91. The highest BCUT2D eigenvalue weighted by Crippen LogP contribution is 2.27. The molecule has 1 aromatic heterocycles. The SMILES string of the molecule is CC(C)C(C)N(Cc1cccn1Cc1cccc(Cl)c1)C(=O)c1ccc(Cl)c([N+](=O)[O-])c1. The topological polar surface area (TPSA) is 68.4 Å². The summed E-state index contributed by atoms with van der Waals surface area (Å²) in [6.07, 6.45) is 1.96. The number of benzene rings is 2. The van der Waals surface area contributed by atoms with Crippen LogP contribution >= 0.6 is 23.2 Å². The van der Waals surface area contributed by atoms with Crippen LogP contribution in [-0.2, 0) is 13.1 Å². The second-order valence-corrected chi connectivity index (χ2v) is 8.94. The molecule has 8 heteroatoms. The molecule has 1 unspecified atom stereocenters. The Hall–Kier alpha value is -2.83. The lowest BCUT2D eigenvalue weighted by molar-refractivity contribution is -0.384. The van der Waals surface area contributed by atoms with E-state index in [0.29, 0.717) is 18.1 Å². The molecule has 0 N–H and O–H groups in total. The molecular weight excluding hydrogens is 449 g/mol. The van der Waals surface area contributed by atoms with Gasteiger partial charge in [0.15, 0.2) is 0 Å². The van der Waals surface area contributed by atoms with Crippen LogP contribution in [0.15, 0.2) is 60.8 Å². The second kappa shape index (κ2) is 10.2. The minimum Gasteiger partial charge on any atom is -0.345 e. The van der Waals surface area contributed by atoms with E-state index in [1.165, 1.54) is 18.2 Å². The van der Waals surface area contributed by atoms with Crippen molar-refractivity contribution in [3.05, 3.63) is 97.8 Å². The summed E-state index contributed by atoms with van der Waals surface area (Å²) >= 11 is 12.1. The molecule has 0 bridgehead atoms. The van der Waals surface area contributed by atoms with Crippen molar-refractivity contribution in [2.45, 2.75) is 39.9 Å². The lowest BCUT2D eigenvalue weighted by Gasteiger charge is -2.32. The third kappa shape index (κ3) is 5.50. The summed E-state index contributed by atoms with van der Waals surface area (Å²) in [5.74, 6) is -0.0842. The third-order valence-corrected chi connectivity index (χ3v) is 6.16. The van der Waals surface area contributed by atoms with E-state index in [0.717, 1.165) is 11.3 Å². The molecule has 32 heavy (non-hydrogen) atoms. The van der Waals surface area contributed by atoms with Gasteiger partial charge < -0.3 is 9.47 Å². The molecule has 0 fully saturated rings. The molecule has 0 aliphatic rings. The average molecular weight is 474 g/mol. The maximum Gasteiger partial charge on any atom is 0.288 e. The molecule has 2 aromatic carbocycles. The van der Waals surface area contributed by atoms with Crippen molar-refractivity contribution in [2.24, 2.45) is 5.92 Å². The van der Waals surface area contributed by atoms with Crippen LogP contribution in [0.1, 0.15) is 42.4 Å². The molecule has 0 aliphatic carbocycles. The molecule has 3 rings (SSSR count). The summed E-state index contributed by atoms with van der Waals surface area (Å²) < 4.78 is 2.07. The van der Waals surface area contributed by atoms with E-state index in [9.17, 15) is 14.9 Å². The zero-order valence-corrected chi connectivity index (χ0v) is 19.7. The number of carbonyl (C=O) groups is 1. The standard InChI is InChI=1S/C24H25Cl2N3O3/c1-16(2)17(3)28(24(30)19-9-10-22(26)23(13-19)29(31)32)15-21-8-5-11-27(21)14-18-6-4-7-20(25)12-18/h4-13,16-17H,14-15H2,1-3H3. The second-order valence-electron chi connectivity index (χ2n) is 8.10. The van der Waals surface area contributed by atoms with Crippen molar-refractivity contribution in [2.75, 3.05) is 0 Å². The number of nitro groups is 1. The largest absolute Gasteiger partial charge is 0.345 e. The van der Waals surface area contributed by atoms with Gasteiger partial charge in [-0.2, -0.15) is 0 Å². The Morgan fingerprint density at radius 3 is 2.50 bits per heavy atom. The van der Waals surface area contributed by atoms with Gasteiger partial charge in [0.25, 0.3) is 11.6 Å². The number of nitro benzene ring substituents is 1. The summed E-state index contributed by atoms with van der Waals surface area (Å²) in [4.78, 5) is 25.9. The Bertz CT molecular complexity index is 1130. The first-order valence-electron chi connectivity index (χ1n) is 10.3. The van der Waals surface area contributed by atoms with Crippen molar-refractivity contribution in [3.63, 3.8) is 0 Å². The highest BCUT2D eigenvalue weighted by Gasteiger charge is 2.27. The third-order valence-electron chi connectivity index (χ3n) is 5.60. The zero-order valence-electron chi connectivity index (χ0n) is 18.2. The van der Waals surface area contributed by atoms with Crippen LogP contribution in [0.25, 0.3) is 0 Å². The quantitative estimate of drug-likeness (QED) is 0.279. The number of hydrogen-bond acceptors (Lipinski definition) is 3. The first-order valence-corrected chi connectivity index (χ1v) is 11.1. The summed E-state index contributed by atoms with van der Waals surface area (Å²) in [6.45, 7) is 7.05. The van der Waals surface area contributed by atoms with Crippen LogP contribution in [0.4, 0.5) is 5.69 Å². The number of carbonyl (C=O) groups excluding carboxylic acids is 1. The molecule has 0 saturated heterocycles. The first-order chi connectivity index (χ1) is 15.2.